The number of methoxy groups -OCH3 is 1. The molecule has 1 aromatic rings. The van der Waals surface area contributed by atoms with Gasteiger partial charge in [0.15, 0.2) is 0 Å². The quantitative estimate of drug-likeness (QED) is 0.755. The third kappa shape index (κ3) is 3.81. The minimum absolute atomic E-state index is 0.328. The Labute approximate surface area is 89.7 Å². The van der Waals surface area contributed by atoms with Crippen LogP contribution in [-0.2, 0) is 4.74 Å². The summed E-state index contributed by atoms with van der Waals surface area (Å²) in [4.78, 5) is 10.1. The van der Waals surface area contributed by atoms with Gasteiger partial charge in [0.25, 0.3) is 0 Å². The lowest BCUT2D eigenvalue weighted by atomic mass is 10.3. The number of hydrogen-bond acceptors (Lipinski definition) is 5. The van der Waals surface area contributed by atoms with Crippen molar-refractivity contribution in [2.24, 2.45) is 0 Å². The average Bonchev–Trinajstić information content (AvgIpc) is 2.18. The van der Waals surface area contributed by atoms with E-state index in [1.54, 1.807) is 13.3 Å². The zero-order valence-corrected chi connectivity index (χ0v) is 9.34. The van der Waals surface area contributed by atoms with Crippen LogP contribution in [0.1, 0.15) is 5.82 Å². The zero-order chi connectivity index (χ0) is 11.3. The summed E-state index contributed by atoms with van der Waals surface area (Å²) in [6.07, 6.45) is 1.20. The van der Waals surface area contributed by atoms with Crippen molar-refractivity contribution in [3.63, 3.8) is 0 Å². The summed E-state index contributed by atoms with van der Waals surface area (Å²) in [5.41, 5.74) is 0. The zero-order valence-electron chi connectivity index (χ0n) is 9.34. The summed E-state index contributed by atoms with van der Waals surface area (Å²) in [7, 11) is 3.44. The smallest absolute Gasteiger partial charge is 0.132 e. The van der Waals surface area contributed by atoms with Crippen molar-refractivity contribution in [3.8, 4) is 0 Å². The van der Waals surface area contributed by atoms with Gasteiger partial charge < -0.3 is 14.7 Å². The second-order valence-electron chi connectivity index (χ2n) is 3.45. The van der Waals surface area contributed by atoms with E-state index >= 15 is 0 Å². The second-order valence-corrected chi connectivity index (χ2v) is 3.45. The number of ether oxygens (including phenoxy) is 1. The van der Waals surface area contributed by atoms with Gasteiger partial charge in [0, 0.05) is 26.9 Å². The topological polar surface area (TPSA) is 58.5 Å². The molecular formula is C10H17N3O2. The second kappa shape index (κ2) is 5.63. The third-order valence-electron chi connectivity index (χ3n) is 2.00. The summed E-state index contributed by atoms with van der Waals surface area (Å²) in [6.45, 7) is 2.65. The lowest BCUT2D eigenvalue weighted by Crippen LogP contribution is -2.32. The predicted octanol–water partition coefficient (Wildman–Crippen LogP) is 0.229. The number of likely N-dealkylation sites (N-methyl/N-ethyl adjacent to an activating group) is 1. The monoisotopic (exact) mass is 211 g/mol. The first-order valence-corrected chi connectivity index (χ1v) is 4.81. The molecule has 5 heteroatoms. The number of aliphatic hydroxyl groups excluding tert-OH is 1. The molecule has 0 fully saturated rings. The number of nitrogens with zero attached hydrogens (tertiary/aromatic N) is 3. The first kappa shape index (κ1) is 11.9. The van der Waals surface area contributed by atoms with Gasteiger partial charge in [-0.15, -0.1) is 0 Å². The minimum atomic E-state index is -0.504. The number of anilines is 1. The van der Waals surface area contributed by atoms with Crippen molar-refractivity contribution < 1.29 is 9.84 Å². The SMILES string of the molecule is COCC(O)CN(C)c1ccnc(C)n1. The summed E-state index contributed by atoms with van der Waals surface area (Å²) in [5, 5.41) is 9.54. The van der Waals surface area contributed by atoms with Gasteiger partial charge in [-0.05, 0) is 13.0 Å². The van der Waals surface area contributed by atoms with Crippen LogP contribution in [0, 0.1) is 6.92 Å². The Morgan fingerprint density at radius 3 is 2.93 bits per heavy atom. The maximum atomic E-state index is 9.54. The third-order valence-corrected chi connectivity index (χ3v) is 2.00. The van der Waals surface area contributed by atoms with Crippen LogP contribution in [0.2, 0.25) is 0 Å². The van der Waals surface area contributed by atoms with Crippen molar-refractivity contribution in [1.82, 2.24) is 9.97 Å². The van der Waals surface area contributed by atoms with Crippen LogP contribution < -0.4 is 4.90 Å². The van der Waals surface area contributed by atoms with Gasteiger partial charge in [0.1, 0.15) is 11.6 Å². The Hall–Kier alpha value is -1.20. The van der Waals surface area contributed by atoms with E-state index in [2.05, 4.69) is 9.97 Å². The molecule has 1 N–H and O–H groups in total. The van der Waals surface area contributed by atoms with Crippen molar-refractivity contribution in [1.29, 1.82) is 0 Å². The Bertz CT molecular complexity index is 306. The minimum Gasteiger partial charge on any atom is -0.389 e. The molecule has 5 nitrogen and oxygen atoms in total. The number of aryl methyl sites for hydroxylation is 1. The van der Waals surface area contributed by atoms with Crippen molar-refractivity contribution >= 4 is 5.82 Å². The number of aliphatic hydroxyl groups is 1. The van der Waals surface area contributed by atoms with E-state index in [4.69, 9.17) is 4.74 Å². The normalized spacial score (nSPS) is 12.5. The Morgan fingerprint density at radius 1 is 1.60 bits per heavy atom. The van der Waals surface area contributed by atoms with Crippen LogP contribution in [0.5, 0.6) is 0 Å². The fourth-order valence-electron chi connectivity index (χ4n) is 1.31. The standard InChI is InChI=1S/C10H17N3O2/c1-8-11-5-4-10(12-8)13(2)6-9(14)7-15-3/h4-5,9,14H,6-7H2,1-3H3. The lowest BCUT2D eigenvalue weighted by Gasteiger charge is -2.21. The van der Waals surface area contributed by atoms with Gasteiger partial charge in [0.2, 0.25) is 0 Å². The first-order valence-electron chi connectivity index (χ1n) is 4.81. The van der Waals surface area contributed by atoms with Crippen LogP contribution in [0.3, 0.4) is 0 Å². The maximum Gasteiger partial charge on any atom is 0.132 e. The van der Waals surface area contributed by atoms with E-state index < -0.39 is 6.10 Å². The van der Waals surface area contributed by atoms with Gasteiger partial charge in [-0.3, -0.25) is 0 Å². The van der Waals surface area contributed by atoms with Crippen LogP contribution in [-0.4, -0.2) is 48.5 Å². The summed E-state index contributed by atoms with van der Waals surface area (Å²) in [6, 6.07) is 1.81. The summed E-state index contributed by atoms with van der Waals surface area (Å²) in [5.74, 6) is 1.53. The fraction of sp³-hybridized carbons (Fsp3) is 0.600. The van der Waals surface area contributed by atoms with E-state index in [-0.39, 0.29) is 0 Å². The Morgan fingerprint density at radius 2 is 2.33 bits per heavy atom. The summed E-state index contributed by atoms with van der Waals surface area (Å²) < 4.78 is 4.85. The van der Waals surface area contributed by atoms with Gasteiger partial charge in [-0.2, -0.15) is 0 Å². The lowest BCUT2D eigenvalue weighted by molar-refractivity contribution is 0.0694. The number of rotatable bonds is 5. The molecule has 1 rings (SSSR count). The molecule has 0 amide bonds. The van der Waals surface area contributed by atoms with Gasteiger partial charge in [-0.25, -0.2) is 9.97 Å². The molecule has 0 radical (unpaired) electrons. The van der Waals surface area contributed by atoms with Crippen LogP contribution >= 0.6 is 0 Å². The molecule has 1 heterocycles. The van der Waals surface area contributed by atoms with E-state index in [0.717, 1.165) is 11.6 Å². The molecular weight excluding hydrogens is 194 g/mol. The highest BCUT2D eigenvalue weighted by Crippen LogP contribution is 2.07. The Balaban J connectivity index is 2.56. The molecule has 84 valence electrons. The molecule has 0 saturated carbocycles. The largest absolute Gasteiger partial charge is 0.389 e. The van der Waals surface area contributed by atoms with Crippen LogP contribution in [0.4, 0.5) is 5.82 Å². The average molecular weight is 211 g/mol. The van der Waals surface area contributed by atoms with Crippen LogP contribution in [0.25, 0.3) is 0 Å². The highest BCUT2D eigenvalue weighted by atomic mass is 16.5. The first-order chi connectivity index (χ1) is 7.13. The van der Waals surface area contributed by atoms with E-state index in [9.17, 15) is 5.11 Å². The molecule has 1 aromatic heterocycles. The molecule has 1 atom stereocenters. The molecule has 0 aliphatic rings. The van der Waals surface area contributed by atoms with Crippen molar-refractivity contribution in [2.75, 3.05) is 32.2 Å². The molecule has 1 unspecified atom stereocenters. The van der Waals surface area contributed by atoms with Crippen LogP contribution in [0.15, 0.2) is 12.3 Å². The molecule has 0 aliphatic carbocycles. The maximum absolute atomic E-state index is 9.54. The number of aromatic nitrogens is 2. The van der Waals surface area contributed by atoms with Gasteiger partial charge >= 0.3 is 0 Å². The molecule has 15 heavy (non-hydrogen) atoms. The molecule has 0 aliphatic heterocycles. The van der Waals surface area contributed by atoms with Gasteiger partial charge in [0.05, 0.1) is 12.7 Å². The van der Waals surface area contributed by atoms with Crippen molar-refractivity contribution in [3.05, 3.63) is 18.1 Å². The Kier molecular flexibility index (Phi) is 4.45. The van der Waals surface area contributed by atoms with E-state index in [1.807, 2.05) is 24.9 Å². The highest BCUT2D eigenvalue weighted by molar-refractivity contribution is 5.36. The fourth-order valence-corrected chi connectivity index (χ4v) is 1.31. The molecule has 0 saturated heterocycles. The number of hydrogen-bond donors (Lipinski definition) is 1. The molecule has 0 spiro atoms. The van der Waals surface area contributed by atoms with Crippen molar-refractivity contribution in [2.45, 2.75) is 13.0 Å². The van der Waals surface area contributed by atoms with E-state index in [0.29, 0.717) is 13.2 Å². The molecule has 0 aromatic carbocycles. The molecule has 0 bridgehead atoms. The predicted molar refractivity (Wildman–Crippen MR) is 57.9 cm³/mol. The van der Waals surface area contributed by atoms with E-state index in [1.165, 1.54) is 0 Å². The highest BCUT2D eigenvalue weighted by Gasteiger charge is 2.09. The van der Waals surface area contributed by atoms with Gasteiger partial charge in [-0.1, -0.05) is 0 Å². The summed E-state index contributed by atoms with van der Waals surface area (Å²) >= 11 is 0.